The summed E-state index contributed by atoms with van der Waals surface area (Å²) in [6.07, 6.45) is 55.4. The van der Waals surface area contributed by atoms with Gasteiger partial charge in [0.15, 0.2) is 0 Å². The molecule has 2 unspecified atom stereocenters. The predicted octanol–water partition coefficient (Wildman–Crippen LogP) is 13.4. The van der Waals surface area contributed by atoms with Crippen molar-refractivity contribution < 1.29 is 37.9 Å². The lowest BCUT2D eigenvalue weighted by Gasteiger charge is -2.15. The molecule has 3 N–H and O–H groups in total. The molecule has 10 heteroatoms. The number of hydrogen-bond donors (Lipinski definition) is 3. The molecule has 0 spiro atoms. The van der Waals surface area contributed by atoms with Crippen LogP contribution in [0.4, 0.5) is 0 Å². The van der Waals surface area contributed by atoms with Gasteiger partial charge in [0.1, 0.15) is 12.7 Å². The summed E-state index contributed by atoms with van der Waals surface area (Å²) in [4.78, 5) is 34.0. The number of esters is 1. The second-order valence-electron chi connectivity index (χ2n) is 15.4. The summed E-state index contributed by atoms with van der Waals surface area (Å²) < 4.78 is 26.9. The second kappa shape index (κ2) is 45.0. The molecule has 0 rings (SSSR count). The van der Waals surface area contributed by atoms with E-state index in [1.54, 1.807) is 0 Å². The Hall–Kier alpha value is -2.55. The number of carbonyl (C=O) groups is 2. The predicted molar refractivity (Wildman–Crippen MR) is 247 cm³/mol. The molecular formula is C49H86NO8P. The van der Waals surface area contributed by atoms with Crippen molar-refractivity contribution >= 4 is 19.7 Å². The maximum atomic E-state index is 12.1. The number of unbranched alkanes of at least 4 members (excludes halogenated alkanes) is 18. The third kappa shape index (κ3) is 46.4. The van der Waals surface area contributed by atoms with Gasteiger partial charge < -0.3 is 20.1 Å². The Balaban J connectivity index is 3.65. The molecule has 0 bridgehead atoms. The van der Waals surface area contributed by atoms with Gasteiger partial charge in [0.2, 0.25) is 5.91 Å². The Bertz CT molecular complexity index is 1190. The minimum absolute atomic E-state index is 0.0666. The minimum atomic E-state index is -4.43. The number of ether oxygens (including phenoxy) is 1. The summed E-state index contributed by atoms with van der Waals surface area (Å²) in [5.41, 5.74) is 0. The van der Waals surface area contributed by atoms with Gasteiger partial charge in [-0.15, -0.1) is 0 Å². The average Bonchev–Trinajstić information content (AvgIpc) is 3.22. The molecule has 340 valence electrons. The zero-order chi connectivity index (χ0) is 43.2. The van der Waals surface area contributed by atoms with Crippen LogP contribution >= 0.6 is 7.82 Å². The van der Waals surface area contributed by atoms with Gasteiger partial charge in [0.25, 0.3) is 0 Å². The van der Waals surface area contributed by atoms with Crippen LogP contribution in [0.15, 0.2) is 72.9 Å². The number of allylic oxidation sites excluding steroid dienone is 12. The standard InChI is InChI=1S/C49H86NO8P/c1-3-5-7-9-11-13-15-17-19-21-22-23-24-26-27-29-31-33-35-37-39-41-48(52)50-43-44-57-59(54,55)58-46-47(51)45-56-49(53)42-40-38-36-34-32-30-28-25-20-18-16-14-12-10-8-6-4-2/h11-14,17-20,22-23,26-27,47,51H,3-10,15-16,21,24-25,28-46H2,1-2H3,(H,50,52)(H,54,55)/b13-11-,14-12-,19-17-,20-18-,23-22-,27-26-. The molecule has 0 radical (unpaired) electrons. The highest BCUT2D eigenvalue weighted by molar-refractivity contribution is 7.47. The Morgan fingerprint density at radius 1 is 0.525 bits per heavy atom. The van der Waals surface area contributed by atoms with E-state index >= 15 is 0 Å². The first-order chi connectivity index (χ1) is 28.8. The maximum Gasteiger partial charge on any atom is 0.472 e. The molecule has 0 aliphatic heterocycles. The Morgan fingerprint density at radius 3 is 1.37 bits per heavy atom. The van der Waals surface area contributed by atoms with E-state index in [1.165, 1.54) is 70.6 Å². The molecule has 0 aliphatic rings. The van der Waals surface area contributed by atoms with Crippen molar-refractivity contribution in [3.8, 4) is 0 Å². The van der Waals surface area contributed by atoms with Gasteiger partial charge in [-0.2, -0.15) is 0 Å². The smallest absolute Gasteiger partial charge is 0.463 e. The van der Waals surface area contributed by atoms with E-state index in [1.807, 2.05) is 0 Å². The summed E-state index contributed by atoms with van der Waals surface area (Å²) in [6, 6.07) is 0. The van der Waals surface area contributed by atoms with Gasteiger partial charge in [0, 0.05) is 19.4 Å². The summed E-state index contributed by atoms with van der Waals surface area (Å²) in [7, 11) is -4.43. The van der Waals surface area contributed by atoms with Gasteiger partial charge in [-0.05, 0) is 89.9 Å². The van der Waals surface area contributed by atoms with Crippen molar-refractivity contribution in [1.29, 1.82) is 0 Å². The van der Waals surface area contributed by atoms with E-state index in [9.17, 15) is 24.2 Å². The molecule has 2 atom stereocenters. The Kier molecular flexibility index (Phi) is 43.0. The lowest BCUT2D eigenvalue weighted by atomic mass is 10.1. The summed E-state index contributed by atoms with van der Waals surface area (Å²) in [5.74, 6) is -0.546. The van der Waals surface area contributed by atoms with Gasteiger partial charge >= 0.3 is 13.8 Å². The number of carbonyl (C=O) groups excluding carboxylic acids is 2. The van der Waals surface area contributed by atoms with Crippen LogP contribution in [0.3, 0.4) is 0 Å². The van der Waals surface area contributed by atoms with Gasteiger partial charge in [-0.3, -0.25) is 18.6 Å². The van der Waals surface area contributed by atoms with Crippen LogP contribution in [0.5, 0.6) is 0 Å². The topological polar surface area (TPSA) is 131 Å². The molecule has 0 aliphatic carbocycles. The molecule has 0 saturated carbocycles. The normalized spacial score (nSPS) is 13.9. The number of aliphatic hydroxyl groups is 1. The zero-order valence-electron chi connectivity index (χ0n) is 37.4. The summed E-state index contributed by atoms with van der Waals surface area (Å²) in [6.45, 7) is 3.46. The van der Waals surface area contributed by atoms with Crippen molar-refractivity contribution in [1.82, 2.24) is 5.32 Å². The Morgan fingerprint density at radius 2 is 0.915 bits per heavy atom. The number of amides is 1. The van der Waals surface area contributed by atoms with Crippen molar-refractivity contribution in [2.45, 2.75) is 200 Å². The fourth-order valence-corrected chi connectivity index (χ4v) is 6.80. The Labute approximate surface area is 360 Å². The molecular weight excluding hydrogens is 762 g/mol. The van der Waals surface area contributed by atoms with E-state index in [-0.39, 0.29) is 32.1 Å². The molecule has 0 saturated heterocycles. The molecule has 9 nitrogen and oxygen atoms in total. The lowest BCUT2D eigenvalue weighted by molar-refractivity contribution is -0.147. The second-order valence-corrected chi connectivity index (χ2v) is 16.8. The number of hydrogen-bond acceptors (Lipinski definition) is 7. The number of aliphatic hydroxyl groups excluding tert-OH is 1. The van der Waals surface area contributed by atoms with E-state index in [2.05, 4.69) is 92.1 Å². The van der Waals surface area contributed by atoms with Crippen LogP contribution in [-0.2, 0) is 27.9 Å². The molecule has 0 aromatic heterocycles. The average molecular weight is 848 g/mol. The van der Waals surface area contributed by atoms with Crippen LogP contribution in [0.2, 0.25) is 0 Å². The first-order valence-electron chi connectivity index (χ1n) is 23.4. The molecule has 0 aromatic rings. The first kappa shape index (κ1) is 56.5. The highest BCUT2D eigenvalue weighted by Gasteiger charge is 2.23. The van der Waals surface area contributed by atoms with Crippen molar-refractivity contribution in [2.75, 3.05) is 26.4 Å². The highest BCUT2D eigenvalue weighted by Crippen LogP contribution is 2.42. The fourth-order valence-electron chi connectivity index (χ4n) is 6.04. The minimum Gasteiger partial charge on any atom is -0.463 e. The SMILES string of the molecule is CCCCC/C=C\C/C=C\C/C=C\C/C=C\CCCCCCCC(=O)NCCOP(=O)(O)OCC(O)COC(=O)CCCCCCCCC/C=C\C/C=C\CCCCC. The number of phosphoric ester groups is 1. The zero-order valence-corrected chi connectivity index (χ0v) is 38.3. The third-order valence-electron chi connectivity index (χ3n) is 9.61. The largest absolute Gasteiger partial charge is 0.472 e. The van der Waals surface area contributed by atoms with Gasteiger partial charge in [0.05, 0.1) is 13.2 Å². The van der Waals surface area contributed by atoms with E-state index in [0.717, 1.165) is 96.3 Å². The lowest BCUT2D eigenvalue weighted by Crippen LogP contribution is -2.27. The summed E-state index contributed by atoms with van der Waals surface area (Å²) >= 11 is 0. The molecule has 59 heavy (non-hydrogen) atoms. The van der Waals surface area contributed by atoms with Gasteiger partial charge in [-0.25, -0.2) is 4.57 Å². The van der Waals surface area contributed by atoms with E-state index < -0.39 is 26.5 Å². The molecule has 0 fully saturated rings. The van der Waals surface area contributed by atoms with E-state index in [4.69, 9.17) is 13.8 Å². The van der Waals surface area contributed by atoms with Crippen LogP contribution in [0.1, 0.15) is 194 Å². The quantitative estimate of drug-likeness (QED) is 0.0239. The maximum absolute atomic E-state index is 12.1. The van der Waals surface area contributed by atoms with E-state index in [0.29, 0.717) is 6.42 Å². The van der Waals surface area contributed by atoms with Crippen LogP contribution in [-0.4, -0.2) is 54.3 Å². The number of nitrogens with one attached hydrogen (secondary N) is 1. The molecule has 1 amide bonds. The molecule has 0 heterocycles. The third-order valence-corrected chi connectivity index (χ3v) is 10.6. The summed E-state index contributed by atoms with van der Waals surface area (Å²) in [5, 5.41) is 12.7. The molecule has 0 aromatic carbocycles. The first-order valence-corrected chi connectivity index (χ1v) is 24.9. The number of phosphoric acid groups is 1. The fraction of sp³-hybridized carbons (Fsp3) is 0.714. The van der Waals surface area contributed by atoms with Crippen LogP contribution in [0, 0.1) is 0 Å². The van der Waals surface area contributed by atoms with Crippen molar-refractivity contribution in [3.05, 3.63) is 72.9 Å². The monoisotopic (exact) mass is 848 g/mol. The van der Waals surface area contributed by atoms with Crippen LogP contribution in [0.25, 0.3) is 0 Å². The van der Waals surface area contributed by atoms with Crippen LogP contribution < -0.4 is 5.32 Å². The van der Waals surface area contributed by atoms with Gasteiger partial charge in [-0.1, -0.05) is 164 Å². The number of rotatable bonds is 43. The van der Waals surface area contributed by atoms with Crippen molar-refractivity contribution in [2.24, 2.45) is 0 Å². The van der Waals surface area contributed by atoms with Crippen molar-refractivity contribution in [3.63, 3.8) is 0 Å². The highest BCUT2D eigenvalue weighted by atomic mass is 31.2.